The lowest BCUT2D eigenvalue weighted by molar-refractivity contribution is 0.901. The molecule has 1 aliphatic rings. The first kappa shape index (κ1) is 7.65. The van der Waals surface area contributed by atoms with Crippen LogP contribution in [0.4, 0.5) is 0 Å². The van der Waals surface area contributed by atoms with Gasteiger partial charge in [0, 0.05) is 11.3 Å². The number of rotatable bonds is 3. The lowest BCUT2D eigenvalue weighted by Gasteiger charge is -2.08. The summed E-state index contributed by atoms with van der Waals surface area (Å²) in [7, 11) is 0. The Morgan fingerprint density at radius 2 is 2.45 bits per heavy atom. The molecule has 3 heteroatoms. The summed E-state index contributed by atoms with van der Waals surface area (Å²) in [6, 6.07) is 4.27. The topological polar surface area (TPSA) is 26.0 Å². The molecular formula is C8H11NS2. The fourth-order valence-corrected chi connectivity index (χ4v) is 3.32. The molecule has 0 bridgehead atoms. The summed E-state index contributed by atoms with van der Waals surface area (Å²) in [4.78, 5) is 0. The van der Waals surface area contributed by atoms with Gasteiger partial charge in [0.25, 0.3) is 0 Å². The van der Waals surface area contributed by atoms with E-state index in [0.29, 0.717) is 4.75 Å². The number of hydrogen-bond donors (Lipinski definition) is 1. The number of thioether (sulfide) groups is 1. The molecule has 0 saturated heterocycles. The van der Waals surface area contributed by atoms with Crippen molar-refractivity contribution in [3.8, 4) is 0 Å². The SMILES string of the molecule is NCC1(Sc2cccs2)CC1. The van der Waals surface area contributed by atoms with Gasteiger partial charge in [-0.3, -0.25) is 0 Å². The third-order valence-electron chi connectivity index (χ3n) is 1.99. The van der Waals surface area contributed by atoms with Gasteiger partial charge >= 0.3 is 0 Å². The first-order valence-corrected chi connectivity index (χ1v) is 5.47. The molecule has 0 atom stereocenters. The van der Waals surface area contributed by atoms with Gasteiger partial charge in [0.05, 0.1) is 4.21 Å². The molecule has 0 amide bonds. The predicted octanol–water partition coefficient (Wildman–Crippen LogP) is 2.33. The minimum absolute atomic E-state index is 0.421. The van der Waals surface area contributed by atoms with Crippen molar-refractivity contribution in [3.05, 3.63) is 17.5 Å². The first-order valence-electron chi connectivity index (χ1n) is 3.77. The molecule has 1 fully saturated rings. The highest BCUT2D eigenvalue weighted by atomic mass is 32.2. The maximum atomic E-state index is 5.67. The molecule has 2 N–H and O–H groups in total. The monoisotopic (exact) mass is 185 g/mol. The molecule has 0 spiro atoms. The zero-order valence-electron chi connectivity index (χ0n) is 6.25. The molecule has 0 unspecified atom stereocenters. The van der Waals surface area contributed by atoms with Crippen molar-refractivity contribution < 1.29 is 0 Å². The van der Waals surface area contributed by atoms with Crippen molar-refractivity contribution in [2.45, 2.75) is 21.8 Å². The normalized spacial score (nSPS) is 20.1. The third-order valence-corrected chi connectivity index (χ3v) is 4.54. The number of hydrogen-bond acceptors (Lipinski definition) is 3. The summed E-state index contributed by atoms with van der Waals surface area (Å²) in [6.07, 6.45) is 2.60. The van der Waals surface area contributed by atoms with E-state index >= 15 is 0 Å². The van der Waals surface area contributed by atoms with Gasteiger partial charge in [0.2, 0.25) is 0 Å². The van der Waals surface area contributed by atoms with Crippen LogP contribution in [0, 0.1) is 0 Å². The van der Waals surface area contributed by atoms with Crippen molar-refractivity contribution in [2.75, 3.05) is 6.54 Å². The quantitative estimate of drug-likeness (QED) is 0.782. The van der Waals surface area contributed by atoms with Crippen molar-refractivity contribution in [3.63, 3.8) is 0 Å². The third kappa shape index (κ3) is 1.60. The molecular weight excluding hydrogens is 174 g/mol. The molecule has 0 aromatic carbocycles. The van der Waals surface area contributed by atoms with Gasteiger partial charge in [-0.1, -0.05) is 6.07 Å². The van der Waals surface area contributed by atoms with Gasteiger partial charge in [-0.25, -0.2) is 0 Å². The van der Waals surface area contributed by atoms with Crippen molar-refractivity contribution in [1.29, 1.82) is 0 Å². The Hall–Kier alpha value is 0.01000. The Bertz CT molecular complexity index is 226. The fourth-order valence-electron chi connectivity index (χ4n) is 1.02. The highest BCUT2D eigenvalue weighted by Crippen LogP contribution is 2.51. The van der Waals surface area contributed by atoms with Crippen LogP contribution in [0.1, 0.15) is 12.8 Å². The van der Waals surface area contributed by atoms with Crippen LogP contribution < -0.4 is 5.73 Å². The van der Waals surface area contributed by atoms with Crippen LogP contribution in [-0.4, -0.2) is 11.3 Å². The summed E-state index contributed by atoms with van der Waals surface area (Å²) in [5, 5.41) is 2.12. The Balaban J connectivity index is 2.01. The van der Waals surface area contributed by atoms with Crippen molar-refractivity contribution in [2.24, 2.45) is 5.73 Å². The van der Waals surface area contributed by atoms with Gasteiger partial charge in [-0.2, -0.15) is 0 Å². The van der Waals surface area contributed by atoms with Crippen molar-refractivity contribution >= 4 is 23.1 Å². The summed E-state index contributed by atoms with van der Waals surface area (Å²) >= 11 is 3.77. The Morgan fingerprint density at radius 3 is 2.91 bits per heavy atom. The second kappa shape index (κ2) is 2.81. The molecule has 1 aromatic rings. The largest absolute Gasteiger partial charge is 0.329 e. The minimum atomic E-state index is 0.421. The molecule has 1 saturated carbocycles. The highest BCUT2D eigenvalue weighted by molar-refractivity contribution is 8.02. The summed E-state index contributed by atoms with van der Waals surface area (Å²) in [6.45, 7) is 0.829. The number of nitrogens with two attached hydrogens (primary N) is 1. The lowest BCUT2D eigenvalue weighted by atomic mass is 10.4. The molecule has 2 rings (SSSR count). The summed E-state index contributed by atoms with van der Waals surface area (Å²) in [5.74, 6) is 0. The first-order chi connectivity index (χ1) is 5.35. The zero-order chi connectivity index (χ0) is 7.73. The van der Waals surface area contributed by atoms with Crippen LogP contribution in [0.5, 0.6) is 0 Å². The second-order valence-electron chi connectivity index (χ2n) is 2.92. The zero-order valence-corrected chi connectivity index (χ0v) is 7.88. The van der Waals surface area contributed by atoms with E-state index in [1.165, 1.54) is 17.1 Å². The van der Waals surface area contributed by atoms with E-state index in [0.717, 1.165) is 6.54 Å². The lowest BCUT2D eigenvalue weighted by Crippen LogP contribution is -2.17. The molecule has 0 radical (unpaired) electrons. The summed E-state index contributed by atoms with van der Waals surface area (Å²) < 4.78 is 1.83. The fraction of sp³-hybridized carbons (Fsp3) is 0.500. The number of thiophene rings is 1. The smallest absolute Gasteiger partial charge is 0.0604 e. The van der Waals surface area contributed by atoms with E-state index in [4.69, 9.17) is 5.73 Å². The predicted molar refractivity (Wildman–Crippen MR) is 51.2 cm³/mol. The van der Waals surface area contributed by atoms with Crippen LogP contribution in [-0.2, 0) is 0 Å². The maximum Gasteiger partial charge on any atom is 0.0604 e. The molecule has 1 aromatic heterocycles. The molecule has 1 heterocycles. The van der Waals surface area contributed by atoms with Gasteiger partial charge < -0.3 is 5.73 Å². The van der Waals surface area contributed by atoms with Gasteiger partial charge in [0.1, 0.15) is 0 Å². The van der Waals surface area contributed by atoms with Crippen LogP contribution >= 0.6 is 23.1 Å². The van der Waals surface area contributed by atoms with Gasteiger partial charge in [0.15, 0.2) is 0 Å². The molecule has 60 valence electrons. The Kier molecular flexibility index (Phi) is 1.95. The van der Waals surface area contributed by atoms with Gasteiger partial charge in [-0.15, -0.1) is 23.1 Å². The maximum absolute atomic E-state index is 5.67. The van der Waals surface area contributed by atoms with E-state index in [2.05, 4.69) is 17.5 Å². The molecule has 11 heavy (non-hydrogen) atoms. The molecule has 1 aliphatic carbocycles. The Morgan fingerprint density at radius 1 is 1.64 bits per heavy atom. The minimum Gasteiger partial charge on any atom is -0.329 e. The van der Waals surface area contributed by atoms with Crippen LogP contribution in [0.25, 0.3) is 0 Å². The highest BCUT2D eigenvalue weighted by Gasteiger charge is 2.42. The van der Waals surface area contributed by atoms with E-state index in [-0.39, 0.29) is 0 Å². The average molecular weight is 185 g/mol. The molecule has 1 nitrogen and oxygen atoms in total. The Labute approximate surface area is 75.0 Å². The van der Waals surface area contributed by atoms with E-state index in [9.17, 15) is 0 Å². The van der Waals surface area contributed by atoms with E-state index in [1.807, 2.05) is 23.1 Å². The van der Waals surface area contributed by atoms with E-state index < -0.39 is 0 Å². The second-order valence-corrected chi connectivity index (χ2v) is 5.64. The van der Waals surface area contributed by atoms with Crippen molar-refractivity contribution in [1.82, 2.24) is 0 Å². The molecule has 0 aliphatic heterocycles. The standard InChI is InChI=1S/C8H11NS2/c9-6-8(3-4-8)11-7-2-1-5-10-7/h1-2,5H,3-4,6,9H2. The average Bonchev–Trinajstić information content (AvgIpc) is 2.59. The van der Waals surface area contributed by atoms with Crippen LogP contribution in [0.15, 0.2) is 21.7 Å². The summed E-state index contributed by atoms with van der Waals surface area (Å²) in [5.41, 5.74) is 5.67. The van der Waals surface area contributed by atoms with Gasteiger partial charge in [-0.05, 0) is 24.3 Å². The van der Waals surface area contributed by atoms with E-state index in [1.54, 1.807) is 0 Å². The van der Waals surface area contributed by atoms with Crippen LogP contribution in [0.2, 0.25) is 0 Å². The van der Waals surface area contributed by atoms with Crippen LogP contribution in [0.3, 0.4) is 0 Å².